The fraction of sp³-hybridized carbons (Fsp3) is 0.500. The zero-order valence-electron chi connectivity index (χ0n) is 15.9. The number of hydrogen-bond acceptors (Lipinski definition) is 8. The number of anilines is 1. The largest absolute Gasteiger partial charge is 0.378 e. The van der Waals surface area contributed by atoms with Crippen molar-refractivity contribution in [3.8, 4) is 0 Å². The maximum absolute atomic E-state index is 12.5. The molecular weight excluding hydrogens is 434 g/mol. The molecule has 2 amide bonds. The normalized spacial score (nSPS) is 21.7. The minimum Gasteiger partial charge on any atom is -0.378 e. The van der Waals surface area contributed by atoms with Crippen molar-refractivity contribution in [3.63, 3.8) is 0 Å². The maximum Gasteiger partial charge on any atom is 0.261 e. The molecule has 0 aromatic carbocycles. The Morgan fingerprint density at radius 1 is 1.38 bits per heavy atom. The number of likely N-dealkylation sites (tertiary alicyclic amines) is 1. The fourth-order valence-corrected chi connectivity index (χ4v) is 5.52. The molecule has 2 aromatic rings. The minimum atomic E-state index is -0.195. The lowest BCUT2D eigenvalue weighted by Crippen LogP contribution is -2.43. The fourth-order valence-electron chi connectivity index (χ4n) is 3.58. The Morgan fingerprint density at radius 2 is 2.24 bits per heavy atom. The second kappa shape index (κ2) is 9.07. The van der Waals surface area contributed by atoms with E-state index in [1.807, 2.05) is 4.90 Å². The Hall–Kier alpha value is -1.56. The highest BCUT2D eigenvalue weighted by atomic mass is 35.5. The van der Waals surface area contributed by atoms with Crippen LogP contribution in [-0.2, 0) is 22.5 Å². The summed E-state index contributed by atoms with van der Waals surface area (Å²) >= 11 is 8.67. The van der Waals surface area contributed by atoms with E-state index >= 15 is 0 Å². The average Bonchev–Trinajstić information content (AvgIpc) is 3.39. The number of ether oxygens (including phenoxy) is 1. The van der Waals surface area contributed by atoms with Crippen molar-refractivity contribution >= 4 is 51.2 Å². The van der Waals surface area contributed by atoms with E-state index in [0.717, 1.165) is 25.2 Å². The van der Waals surface area contributed by atoms with Gasteiger partial charge in [-0.15, -0.1) is 22.7 Å². The van der Waals surface area contributed by atoms with Crippen LogP contribution in [0, 0.1) is 0 Å². The highest BCUT2D eigenvalue weighted by Crippen LogP contribution is 2.25. The summed E-state index contributed by atoms with van der Waals surface area (Å²) in [5, 5.41) is 9.84. The first-order valence-electron chi connectivity index (χ1n) is 9.32. The SMILES string of the molecule is CO[C@H]1CN(CC(=O)Nc2nc3c(s2)CNCC3)C[C@@H]1NC(=O)c1ccc(Cl)s1. The lowest BCUT2D eigenvalue weighted by molar-refractivity contribution is -0.117. The monoisotopic (exact) mass is 455 g/mol. The molecule has 2 aliphatic rings. The van der Waals surface area contributed by atoms with Crippen molar-refractivity contribution in [1.82, 2.24) is 20.5 Å². The summed E-state index contributed by atoms with van der Waals surface area (Å²) in [5.41, 5.74) is 1.07. The van der Waals surface area contributed by atoms with Crippen molar-refractivity contribution in [2.45, 2.75) is 25.1 Å². The number of carbonyl (C=O) groups is 2. The molecule has 4 heterocycles. The summed E-state index contributed by atoms with van der Waals surface area (Å²) in [5.74, 6) is -0.293. The van der Waals surface area contributed by atoms with Crippen LogP contribution in [0.5, 0.6) is 0 Å². The van der Waals surface area contributed by atoms with Crippen LogP contribution in [0.4, 0.5) is 5.13 Å². The number of nitrogens with one attached hydrogen (secondary N) is 3. The van der Waals surface area contributed by atoms with E-state index in [4.69, 9.17) is 16.3 Å². The standard InChI is InChI=1S/C18H22ClN5O3S2/c1-27-12-8-24(7-11(12)21-17(26)13-2-3-15(19)28-13)9-16(25)23-18-22-10-4-5-20-6-14(10)29-18/h2-3,11-12,20H,4-9H2,1H3,(H,21,26)(H,22,23,25)/t11-,12-/m0/s1. The van der Waals surface area contributed by atoms with E-state index in [0.29, 0.717) is 27.4 Å². The second-order valence-corrected chi connectivity index (χ2v) is 9.81. The predicted octanol–water partition coefficient (Wildman–Crippen LogP) is 1.57. The van der Waals surface area contributed by atoms with Gasteiger partial charge in [-0.3, -0.25) is 14.5 Å². The number of hydrogen-bond donors (Lipinski definition) is 3. The molecule has 2 aromatic heterocycles. The maximum atomic E-state index is 12.5. The number of methoxy groups -OCH3 is 1. The van der Waals surface area contributed by atoms with Gasteiger partial charge in [0.15, 0.2) is 5.13 Å². The van der Waals surface area contributed by atoms with Crippen LogP contribution in [-0.4, -0.2) is 67.1 Å². The zero-order chi connectivity index (χ0) is 20.4. The lowest BCUT2D eigenvalue weighted by atomic mass is 10.2. The first-order valence-corrected chi connectivity index (χ1v) is 11.3. The highest BCUT2D eigenvalue weighted by Gasteiger charge is 2.35. The van der Waals surface area contributed by atoms with Crippen molar-refractivity contribution in [2.75, 3.05) is 38.6 Å². The molecule has 2 atom stereocenters. The number of carbonyl (C=O) groups excluding carboxylic acids is 2. The molecule has 4 rings (SSSR count). The van der Waals surface area contributed by atoms with E-state index in [1.54, 1.807) is 19.2 Å². The molecule has 156 valence electrons. The third-order valence-corrected chi connectivity index (χ3v) is 7.22. The van der Waals surface area contributed by atoms with Gasteiger partial charge in [0.2, 0.25) is 5.91 Å². The molecule has 11 heteroatoms. The van der Waals surface area contributed by atoms with E-state index in [9.17, 15) is 9.59 Å². The summed E-state index contributed by atoms with van der Waals surface area (Å²) in [7, 11) is 1.61. The molecule has 2 aliphatic heterocycles. The Kier molecular flexibility index (Phi) is 6.47. The predicted molar refractivity (Wildman–Crippen MR) is 114 cm³/mol. The van der Waals surface area contributed by atoms with Gasteiger partial charge in [-0.2, -0.15) is 0 Å². The van der Waals surface area contributed by atoms with Gasteiger partial charge in [-0.1, -0.05) is 11.6 Å². The molecule has 8 nitrogen and oxygen atoms in total. The highest BCUT2D eigenvalue weighted by molar-refractivity contribution is 7.18. The van der Waals surface area contributed by atoms with Crippen LogP contribution in [0.15, 0.2) is 12.1 Å². The van der Waals surface area contributed by atoms with E-state index in [2.05, 4.69) is 20.9 Å². The number of halogens is 1. The van der Waals surface area contributed by atoms with Gasteiger partial charge in [-0.05, 0) is 12.1 Å². The first kappa shape index (κ1) is 20.7. The Morgan fingerprint density at radius 3 is 2.97 bits per heavy atom. The number of thiophene rings is 1. The van der Waals surface area contributed by atoms with Gasteiger partial charge in [0, 0.05) is 44.6 Å². The number of nitrogens with zero attached hydrogens (tertiary/aromatic N) is 2. The van der Waals surface area contributed by atoms with Crippen molar-refractivity contribution in [3.05, 3.63) is 31.9 Å². The topological polar surface area (TPSA) is 95.6 Å². The number of thiazole rings is 1. The van der Waals surface area contributed by atoms with Crippen molar-refractivity contribution in [1.29, 1.82) is 0 Å². The minimum absolute atomic E-state index is 0.115. The number of fused-ring (bicyclic) bond motifs is 1. The van der Waals surface area contributed by atoms with Crippen LogP contribution >= 0.6 is 34.3 Å². The van der Waals surface area contributed by atoms with Gasteiger partial charge in [0.05, 0.1) is 33.6 Å². The molecule has 0 spiro atoms. The first-order chi connectivity index (χ1) is 14.0. The van der Waals surface area contributed by atoms with Gasteiger partial charge >= 0.3 is 0 Å². The molecule has 0 unspecified atom stereocenters. The number of aromatic nitrogens is 1. The van der Waals surface area contributed by atoms with Gasteiger partial charge in [-0.25, -0.2) is 4.98 Å². The Balaban J connectivity index is 1.31. The molecule has 1 fully saturated rings. The quantitative estimate of drug-likeness (QED) is 0.612. The number of rotatable bonds is 6. The van der Waals surface area contributed by atoms with Crippen LogP contribution < -0.4 is 16.0 Å². The molecule has 3 N–H and O–H groups in total. The molecule has 29 heavy (non-hydrogen) atoms. The summed E-state index contributed by atoms with van der Waals surface area (Å²) in [6, 6.07) is 3.21. The molecule has 0 bridgehead atoms. The van der Waals surface area contributed by atoms with E-state index in [1.165, 1.54) is 27.6 Å². The summed E-state index contributed by atoms with van der Waals surface area (Å²) in [6.45, 7) is 3.05. The molecular formula is C18H22ClN5O3S2. The van der Waals surface area contributed by atoms with E-state index < -0.39 is 0 Å². The van der Waals surface area contributed by atoms with Crippen LogP contribution in [0.25, 0.3) is 0 Å². The van der Waals surface area contributed by atoms with Crippen LogP contribution in [0.1, 0.15) is 20.2 Å². The molecule has 0 aliphatic carbocycles. The zero-order valence-corrected chi connectivity index (χ0v) is 18.3. The Bertz CT molecular complexity index is 878. The second-order valence-electron chi connectivity index (χ2n) is 7.02. The smallest absolute Gasteiger partial charge is 0.261 e. The molecule has 1 saturated heterocycles. The van der Waals surface area contributed by atoms with Crippen molar-refractivity contribution in [2.24, 2.45) is 0 Å². The number of amides is 2. The average molecular weight is 456 g/mol. The van der Waals surface area contributed by atoms with Gasteiger partial charge in [0.25, 0.3) is 5.91 Å². The summed E-state index contributed by atoms with van der Waals surface area (Å²) in [6.07, 6.45) is 0.709. The molecule has 0 radical (unpaired) electrons. The van der Waals surface area contributed by atoms with Crippen LogP contribution in [0.2, 0.25) is 4.34 Å². The third kappa shape index (κ3) is 4.96. The third-order valence-electron chi connectivity index (χ3n) is 4.97. The Labute approximate surface area is 181 Å². The summed E-state index contributed by atoms with van der Waals surface area (Å²) < 4.78 is 6.09. The van der Waals surface area contributed by atoms with E-state index in [-0.39, 0.29) is 30.5 Å². The van der Waals surface area contributed by atoms with Gasteiger partial charge < -0.3 is 20.7 Å². The molecule has 0 saturated carbocycles. The summed E-state index contributed by atoms with van der Waals surface area (Å²) in [4.78, 5) is 33.1. The van der Waals surface area contributed by atoms with Gasteiger partial charge in [0.1, 0.15) is 0 Å². The lowest BCUT2D eigenvalue weighted by Gasteiger charge is -2.17. The van der Waals surface area contributed by atoms with Crippen LogP contribution in [0.3, 0.4) is 0 Å². The van der Waals surface area contributed by atoms with Crippen molar-refractivity contribution < 1.29 is 14.3 Å².